The van der Waals surface area contributed by atoms with E-state index in [1.54, 1.807) is 19.2 Å². The summed E-state index contributed by atoms with van der Waals surface area (Å²) < 4.78 is 33.4. The van der Waals surface area contributed by atoms with Crippen molar-refractivity contribution in [3.8, 4) is 5.75 Å². The number of sulfonamides is 1. The molecule has 0 spiro atoms. The van der Waals surface area contributed by atoms with Gasteiger partial charge in [0, 0.05) is 17.3 Å². The van der Waals surface area contributed by atoms with Crippen molar-refractivity contribution >= 4 is 20.8 Å². The smallest absolute Gasteiger partial charge is 0.241 e. The molecule has 1 N–H and O–H groups in total. The second-order valence-electron chi connectivity index (χ2n) is 5.59. The molecular weight excluding hydrogens is 324 g/mol. The molecule has 0 saturated heterocycles. The lowest BCUT2D eigenvalue weighted by molar-refractivity contribution is 0.300. The molecule has 5 nitrogen and oxygen atoms in total. The van der Waals surface area contributed by atoms with Gasteiger partial charge in [-0.1, -0.05) is 38.1 Å². The van der Waals surface area contributed by atoms with Crippen LogP contribution < -0.4 is 9.46 Å². The molecule has 0 amide bonds. The van der Waals surface area contributed by atoms with E-state index in [0.29, 0.717) is 22.6 Å². The third kappa shape index (κ3) is 4.26. The molecule has 6 heteroatoms. The lowest BCUT2D eigenvalue weighted by atomic mass is 10.1. The van der Waals surface area contributed by atoms with Gasteiger partial charge in [0.1, 0.15) is 5.75 Å². The van der Waals surface area contributed by atoms with Crippen LogP contribution >= 0.6 is 0 Å². The highest BCUT2D eigenvalue weighted by Crippen LogP contribution is 2.30. The number of nitrogens with zero attached hydrogens (tertiary/aromatic N) is 1. The summed E-state index contributed by atoms with van der Waals surface area (Å²) in [6.45, 7) is 7.49. The van der Waals surface area contributed by atoms with Gasteiger partial charge < -0.3 is 9.64 Å². The van der Waals surface area contributed by atoms with Crippen molar-refractivity contribution < 1.29 is 13.2 Å². The molecule has 0 bridgehead atoms. The average Bonchev–Trinajstić information content (AvgIpc) is 2.60. The van der Waals surface area contributed by atoms with E-state index in [-0.39, 0.29) is 0 Å². The van der Waals surface area contributed by atoms with Crippen LogP contribution in [-0.2, 0) is 10.0 Å². The van der Waals surface area contributed by atoms with Crippen LogP contribution in [0, 0.1) is 0 Å². The SMILES string of the molecule is CCN(CC)CCCNS(=O)(=O)c1ccc(OC)c2ccccc12. The Morgan fingerprint density at radius 1 is 1.04 bits per heavy atom. The van der Waals surface area contributed by atoms with E-state index in [2.05, 4.69) is 23.5 Å². The van der Waals surface area contributed by atoms with E-state index in [4.69, 9.17) is 4.74 Å². The largest absolute Gasteiger partial charge is 0.496 e. The molecule has 2 aromatic rings. The number of benzene rings is 2. The molecule has 0 unspecified atom stereocenters. The van der Waals surface area contributed by atoms with Crippen molar-refractivity contribution in [1.82, 2.24) is 9.62 Å². The molecular formula is C18H26N2O3S. The monoisotopic (exact) mass is 350 g/mol. The van der Waals surface area contributed by atoms with Gasteiger partial charge in [0.15, 0.2) is 0 Å². The minimum Gasteiger partial charge on any atom is -0.496 e. The second-order valence-corrected chi connectivity index (χ2v) is 7.33. The van der Waals surface area contributed by atoms with Gasteiger partial charge in [-0.3, -0.25) is 0 Å². The van der Waals surface area contributed by atoms with Gasteiger partial charge >= 0.3 is 0 Å². The third-order valence-corrected chi connectivity index (χ3v) is 5.71. The van der Waals surface area contributed by atoms with Gasteiger partial charge in [-0.15, -0.1) is 0 Å². The van der Waals surface area contributed by atoms with Crippen LogP contribution in [0.5, 0.6) is 5.75 Å². The predicted octanol–water partition coefficient (Wildman–Crippen LogP) is 2.86. The van der Waals surface area contributed by atoms with Crippen molar-refractivity contribution in [1.29, 1.82) is 0 Å². The first-order chi connectivity index (χ1) is 11.5. The van der Waals surface area contributed by atoms with Gasteiger partial charge in [-0.05, 0) is 38.2 Å². The summed E-state index contributed by atoms with van der Waals surface area (Å²) in [4.78, 5) is 2.57. The van der Waals surface area contributed by atoms with Crippen molar-refractivity contribution in [2.45, 2.75) is 25.2 Å². The van der Waals surface area contributed by atoms with Crippen LogP contribution in [0.3, 0.4) is 0 Å². The van der Waals surface area contributed by atoms with Crippen LogP contribution in [0.15, 0.2) is 41.3 Å². The predicted molar refractivity (Wildman–Crippen MR) is 98.1 cm³/mol. The Bertz CT molecular complexity index is 771. The Labute approximate surface area is 144 Å². The summed E-state index contributed by atoms with van der Waals surface area (Å²) in [6, 6.07) is 10.7. The van der Waals surface area contributed by atoms with Crippen molar-refractivity contribution in [2.75, 3.05) is 33.3 Å². The van der Waals surface area contributed by atoms with Crippen LogP contribution in [0.1, 0.15) is 20.3 Å². The molecule has 2 rings (SSSR count). The fourth-order valence-corrected chi connectivity index (χ4v) is 4.07. The molecule has 0 aliphatic carbocycles. The normalized spacial score (nSPS) is 12.0. The van der Waals surface area contributed by atoms with Gasteiger partial charge in [0.2, 0.25) is 10.0 Å². The molecule has 0 heterocycles. The van der Waals surface area contributed by atoms with Crippen molar-refractivity contribution in [2.24, 2.45) is 0 Å². The molecule has 0 radical (unpaired) electrons. The van der Waals surface area contributed by atoms with Crippen molar-refractivity contribution in [3.63, 3.8) is 0 Å². The first kappa shape index (κ1) is 18.7. The summed E-state index contributed by atoms with van der Waals surface area (Å²) in [6.07, 6.45) is 0.787. The Kier molecular flexibility index (Phi) is 6.60. The zero-order valence-electron chi connectivity index (χ0n) is 14.6. The highest BCUT2D eigenvalue weighted by Gasteiger charge is 2.18. The van der Waals surface area contributed by atoms with Gasteiger partial charge in [0.05, 0.1) is 12.0 Å². The van der Waals surface area contributed by atoms with Crippen molar-refractivity contribution in [3.05, 3.63) is 36.4 Å². The minimum absolute atomic E-state index is 0.293. The number of methoxy groups -OCH3 is 1. The standard InChI is InChI=1S/C18H26N2O3S/c1-4-20(5-2)14-8-13-19-24(21,22)18-12-11-17(23-3)15-9-6-7-10-16(15)18/h6-7,9-12,19H,4-5,8,13-14H2,1-3H3. The number of fused-ring (bicyclic) bond motifs is 1. The molecule has 24 heavy (non-hydrogen) atoms. The third-order valence-electron chi connectivity index (χ3n) is 4.19. The topological polar surface area (TPSA) is 58.6 Å². The summed E-state index contributed by atoms with van der Waals surface area (Å²) in [5.41, 5.74) is 0. The maximum Gasteiger partial charge on any atom is 0.241 e. The molecule has 0 fully saturated rings. The number of nitrogens with one attached hydrogen (secondary N) is 1. The lowest BCUT2D eigenvalue weighted by Crippen LogP contribution is -2.30. The Morgan fingerprint density at radius 2 is 1.71 bits per heavy atom. The zero-order valence-corrected chi connectivity index (χ0v) is 15.4. The van der Waals surface area contributed by atoms with Crippen LogP contribution in [-0.4, -0.2) is 46.6 Å². The molecule has 0 saturated carbocycles. The average molecular weight is 350 g/mol. The molecule has 2 aromatic carbocycles. The highest BCUT2D eigenvalue weighted by atomic mass is 32.2. The fourth-order valence-electron chi connectivity index (χ4n) is 2.78. The van der Waals surface area contributed by atoms with Crippen LogP contribution in [0.4, 0.5) is 0 Å². The van der Waals surface area contributed by atoms with E-state index in [0.717, 1.165) is 31.4 Å². The fraction of sp³-hybridized carbons (Fsp3) is 0.444. The lowest BCUT2D eigenvalue weighted by Gasteiger charge is -2.18. The minimum atomic E-state index is -3.55. The Morgan fingerprint density at radius 3 is 2.33 bits per heavy atom. The summed E-state index contributed by atoms with van der Waals surface area (Å²) in [5.74, 6) is 0.672. The number of ether oxygens (including phenoxy) is 1. The van der Waals surface area contributed by atoms with E-state index in [9.17, 15) is 8.42 Å². The molecule has 132 valence electrons. The van der Waals surface area contributed by atoms with Gasteiger partial charge in [-0.2, -0.15) is 0 Å². The van der Waals surface area contributed by atoms with Crippen LogP contribution in [0.25, 0.3) is 10.8 Å². The first-order valence-corrected chi connectivity index (χ1v) is 9.79. The molecule has 0 atom stereocenters. The van der Waals surface area contributed by atoms with E-state index in [1.165, 1.54) is 0 Å². The Hall–Kier alpha value is -1.63. The zero-order chi connectivity index (χ0) is 17.6. The quantitative estimate of drug-likeness (QED) is 0.707. The Balaban J connectivity index is 2.17. The number of rotatable bonds is 9. The van der Waals surface area contributed by atoms with Gasteiger partial charge in [0.25, 0.3) is 0 Å². The van der Waals surface area contributed by atoms with Crippen LogP contribution in [0.2, 0.25) is 0 Å². The molecule has 0 aromatic heterocycles. The number of hydrogen-bond donors (Lipinski definition) is 1. The van der Waals surface area contributed by atoms with Gasteiger partial charge in [-0.25, -0.2) is 13.1 Å². The molecule has 0 aliphatic rings. The number of hydrogen-bond acceptors (Lipinski definition) is 4. The first-order valence-electron chi connectivity index (χ1n) is 8.31. The maximum absolute atomic E-state index is 12.7. The highest BCUT2D eigenvalue weighted by molar-refractivity contribution is 7.89. The maximum atomic E-state index is 12.7. The van der Waals surface area contributed by atoms with E-state index in [1.807, 2.05) is 24.3 Å². The second kappa shape index (κ2) is 8.46. The summed E-state index contributed by atoms with van der Waals surface area (Å²) in [7, 11) is -1.96. The van der Waals surface area contributed by atoms with E-state index < -0.39 is 10.0 Å². The summed E-state index contributed by atoms with van der Waals surface area (Å²) >= 11 is 0. The molecule has 0 aliphatic heterocycles. The van der Waals surface area contributed by atoms with E-state index >= 15 is 0 Å². The summed E-state index contributed by atoms with van der Waals surface area (Å²) in [5, 5.41) is 1.47.